The molecular formula is C13H19ClN2O2S2. The molecule has 4 nitrogen and oxygen atoms in total. The minimum atomic E-state index is -3.36. The average molecular weight is 335 g/mol. The van der Waals surface area contributed by atoms with Crippen molar-refractivity contribution in [3.63, 3.8) is 0 Å². The van der Waals surface area contributed by atoms with Gasteiger partial charge in [-0.3, -0.25) is 0 Å². The Morgan fingerprint density at radius 1 is 1.35 bits per heavy atom. The van der Waals surface area contributed by atoms with Crippen LogP contribution in [0.1, 0.15) is 25.7 Å². The smallest absolute Gasteiger partial charge is 0.252 e. The molecule has 0 aromatic carbocycles. The first-order chi connectivity index (χ1) is 9.55. The van der Waals surface area contributed by atoms with Gasteiger partial charge in [-0.15, -0.1) is 11.3 Å². The summed E-state index contributed by atoms with van der Waals surface area (Å²) in [5.41, 5.74) is 0. The summed E-state index contributed by atoms with van der Waals surface area (Å²) in [5.74, 6) is 0.426. The third kappa shape index (κ3) is 3.36. The topological polar surface area (TPSA) is 49.4 Å². The third-order valence-electron chi connectivity index (χ3n) is 3.90. The van der Waals surface area contributed by atoms with Crippen molar-refractivity contribution in [2.24, 2.45) is 5.92 Å². The lowest BCUT2D eigenvalue weighted by molar-refractivity contribution is 0.260. The van der Waals surface area contributed by atoms with E-state index in [2.05, 4.69) is 5.32 Å². The summed E-state index contributed by atoms with van der Waals surface area (Å²) < 4.78 is 27.6. The van der Waals surface area contributed by atoms with Crippen molar-refractivity contribution in [1.82, 2.24) is 9.62 Å². The summed E-state index contributed by atoms with van der Waals surface area (Å²) in [6.07, 6.45) is 4.58. The van der Waals surface area contributed by atoms with Crippen molar-refractivity contribution in [2.45, 2.75) is 35.9 Å². The number of hydrogen-bond acceptors (Lipinski definition) is 4. The van der Waals surface area contributed by atoms with Gasteiger partial charge in [0.15, 0.2) is 0 Å². The molecule has 112 valence electrons. The molecule has 1 aromatic heterocycles. The van der Waals surface area contributed by atoms with E-state index in [-0.39, 0.29) is 0 Å². The average Bonchev–Trinajstić information content (AvgIpc) is 3.16. The maximum Gasteiger partial charge on any atom is 0.252 e. The third-order valence-corrected chi connectivity index (χ3v) is 7.46. The Hall–Kier alpha value is -0.140. The highest BCUT2D eigenvalue weighted by Gasteiger charge is 2.32. The Morgan fingerprint density at radius 2 is 2.15 bits per heavy atom. The number of piperidine rings is 1. The standard InChI is InChI=1S/C13H19ClN2O2S2/c14-12-5-6-13(19-12)20(17,18)16-7-1-2-10(9-16)8-15-11-3-4-11/h5-6,10-11,15H,1-4,7-9H2. The summed E-state index contributed by atoms with van der Waals surface area (Å²) >= 11 is 6.99. The highest BCUT2D eigenvalue weighted by Crippen LogP contribution is 2.30. The van der Waals surface area contributed by atoms with Gasteiger partial charge in [-0.2, -0.15) is 4.31 Å². The van der Waals surface area contributed by atoms with Crippen LogP contribution in [0.25, 0.3) is 0 Å². The molecule has 0 amide bonds. The highest BCUT2D eigenvalue weighted by molar-refractivity contribution is 7.91. The Kier molecular flexibility index (Phi) is 4.38. The zero-order valence-corrected chi connectivity index (χ0v) is 13.6. The van der Waals surface area contributed by atoms with Gasteiger partial charge in [0.25, 0.3) is 10.0 Å². The number of nitrogens with zero attached hydrogens (tertiary/aromatic N) is 1. The van der Waals surface area contributed by atoms with Gasteiger partial charge in [0.05, 0.1) is 4.34 Å². The minimum Gasteiger partial charge on any atom is -0.314 e. The van der Waals surface area contributed by atoms with E-state index in [0.29, 0.717) is 33.6 Å². The van der Waals surface area contributed by atoms with Gasteiger partial charge in [0.2, 0.25) is 0 Å². The summed E-state index contributed by atoms with van der Waals surface area (Å²) in [7, 11) is -3.36. The second-order valence-electron chi connectivity index (χ2n) is 5.61. The molecule has 1 saturated carbocycles. The molecule has 2 aliphatic rings. The van der Waals surface area contributed by atoms with E-state index in [1.54, 1.807) is 16.4 Å². The Bertz CT molecular complexity index is 569. The van der Waals surface area contributed by atoms with Gasteiger partial charge in [-0.25, -0.2) is 8.42 Å². The summed E-state index contributed by atoms with van der Waals surface area (Å²) in [6.45, 7) is 2.18. The number of hydrogen-bond donors (Lipinski definition) is 1. The number of sulfonamides is 1. The minimum absolute atomic E-state index is 0.360. The fourth-order valence-electron chi connectivity index (χ4n) is 2.60. The molecule has 1 atom stereocenters. The lowest BCUT2D eigenvalue weighted by Gasteiger charge is -2.31. The lowest BCUT2D eigenvalue weighted by Crippen LogP contribution is -2.42. The SMILES string of the molecule is O=S(=O)(c1ccc(Cl)s1)N1CCCC(CNC2CC2)C1. The molecule has 3 rings (SSSR count). The van der Waals surface area contributed by atoms with Crippen molar-refractivity contribution in [2.75, 3.05) is 19.6 Å². The first-order valence-corrected chi connectivity index (χ1v) is 9.68. The van der Waals surface area contributed by atoms with E-state index in [4.69, 9.17) is 11.6 Å². The molecule has 7 heteroatoms. The van der Waals surface area contributed by atoms with Crippen LogP contribution in [0.5, 0.6) is 0 Å². The second kappa shape index (κ2) is 5.93. The van der Waals surface area contributed by atoms with Crippen molar-refractivity contribution in [1.29, 1.82) is 0 Å². The predicted octanol–water partition coefficient (Wildman–Crippen LogP) is 2.55. The molecule has 0 bridgehead atoms. The van der Waals surface area contributed by atoms with Crippen molar-refractivity contribution in [3.05, 3.63) is 16.5 Å². The zero-order chi connectivity index (χ0) is 14.2. The van der Waals surface area contributed by atoms with E-state index in [1.807, 2.05) is 0 Å². The van der Waals surface area contributed by atoms with Crippen molar-refractivity contribution < 1.29 is 8.42 Å². The van der Waals surface area contributed by atoms with E-state index in [9.17, 15) is 8.42 Å². The molecule has 0 radical (unpaired) electrons. The predicted molar refractivity (Wildman–Crippen MR) is 81.8 cm³/mol. The molecule has 1 N–H and O–H groups in total. The molecule has 2 heterocycles. The fraction of sp³-hybridized carbons (Fsp3) is 0.692. The van der Waals surface area contributed by atoms with Crippen LogP contribution in [0.3, 0.4) is 0 Å². The Balaban J connectivity index is 1.65. The van der Waals surface area contributed by atoms with Crippen LogP contribution in [-0.2, 0) is 10.0 Å². The van der Waals surface area contributed by atoms with Gasteiger partial charge in [0.1, 0.15) is 4.21 Å². The van der Waals surface area contributed by atoms with E-state index < -0.39 is 10.0 Å². The normalized spacial score (nSPS) is 24.9. The monoisotopic (exact) mass is 334 g/mol. The van der Waals surface area contributed by atoms with Crippen LogP contribution in [0.15, 0.2) is 16.3 Å². The van der Waals surface area contributed by atoms with Gasteiger partial charge in [0, 0.05) is 19.1 Å². The zero-order valence-electron chi connectivity index (χ0n) is 11.2. The maximum absolute atomic E-state index is 12.6. The summed E-state index contributed by atoms with van der Waals surface area (Å²) in [5, 5.41) is 3.50. The molecule has 1 unspecified atom stereocenters. The number of rotatable bonds is 5. The van der Waals surface area contributed by atoms with Crippen LogP contribution < -0.4 is 5.32 Å². The molecule has 1 aliphatic carbocycles. The highest BCUT2D eigenvalue weighted by atomic mass is 35.5. The van der Waals surface area contributed by atoms with E-state index in [1.165, 1.54) is 12.8 Å². The second-order valence-corrected chi connectivity index (χ2v) is 9.49. The van der Waals surface area contributed by atoms with Crippen LogP contribution in [0.2, 0.25) is 4.34 Å². The molecule has 0 spiro atoms. The Morgan fingerprint density at radius 3 is 2.80 bits per heavy atom. The molecule has 1 aromatic rings. The van der Waals surface area contributed by atoms with Crippen LogP contribution in [0.4, 0.5) is 0 Å². The number of thiophene rings is 1. The molecule has 2 fully saturated rings. The molecule has 1 aliphatic heterocycles. The number of nitrogens with one attached hydrogen (secondary N) is 1. The summed E-state index contributed by atoms with van der Waals surface area (Å²) in [6, 6.07) is 3.93. The van der Waals surface area contributed by atoms with Gasteiger partial charge < -0.3 is 5.32 Å². The van der Waals surface area contributed by atoms with Crippen LogP contribution in [-0.4, -0.2) is 38.4 Å². The maximum atomic E-state index is 12.6. The fourth-order valence-corrected chi connectivity index (χ4v) is 5.79. The summed E-state index contributed by atoms with van der Waals surface area (Å²) in [4.78, 5) is 0. The Labute approximate surface area is 129 Å². The lowest BCUT2D eigenvalue weighted by atomic mass is 10.00. The van der Waals surface area contributed by atoms with Crippen LogP contribution >= 0.6 is 22.9 Å². The first kappa shape index (κ1) is 14.8. The van der Waals surface area contributed by atoms with Crippen molar-refractivity contribution >= 4 is 33.0 Å². The van der Waals surface area contributed by atoms with Crippen LogP contribution in [0, 0.1) is 5.92 Å². The molecule has 1 saturated heterocycles. The number of halogens is 1. The molecular weight excluding hydrogens is 316 g/mol. The van der Waals surface area contributed by atoms with Gasteiger partial charge in [-0.05, 0) is 50.3 Å². The first-order valence-electron chi connectivity index (χ1n) is 7.04. The van der Waals surface area contributed by atoms with Crippen molar-refractivity contribution in [3.8, 4) is 0 Å². The molecule has 20 heavy (non-hydrogen) atoms. The van der Waals surface area contributed by atoms with Gasteiger partial charge >= 0.3 is 0 Å². The van der Waals surface area contributed by atoms with E-state index >= 15 is 0 Å². The largest absolute Gasteiger partial charge is 0.314 e. The van der Waals surface area contributed by atoms with Gasteiger partial charge in [-0.1, -0.05) is 11.6 Å². The van der Waals surface area contributed by atoms with E-state index in [0.717, 1.165) is 30.7 Å². The quantitative estimate of drug-likeness (QED) is 0.900.